The Labute approximate surface area is 96.7 Å². The Bertz CT molecular complexity index is 362. The lowest BCUT2D eigenvalue weighted by atomic mass is 9.96. The van der Waals surface area contributed by atoms with E-state index < -0.39 is 15.4 Å². The molecule has 0 aromatic rings. The van der Waals surface area contributed by atoms with Gasteiger partial charge in [0.25, 0.3) is 0 Å². The maximum Gasteiger partial charge on any atom is 0.240 e. The van der Waals surface area contributed by atoms with Gasteiger partial charge in [0.15, 0.2) is 9.84 Å². The van der Waals surface area contributed by atoms with E-state index in [1.807, 2.05) is 6.92 Å². The van der Waals surface area contributed by atoms with E-state index >= 15 is 0 Å². The first kappa shape index (κ1) is 13.4. The van der Waals surface area contributed by atoms with E-state index in [4.69, 9.17) is 5.73 Å². The molecule has 2 unspecified atom stereocenters. The summed E-state index contributed by atoms with van der Waals surface area (Å²) in [4.78, 5) is 11.8. The van der Waals surface area contributed by atoms with Crippen molar-refractivity contribution in [1.82, 2.24) is 5.32 Å². The lowest BCUT2D eigenvalue weighted by Gasteiger charge is -2.24. The summed E-state index contributed by atoms with van der Waals surface area (Å²) < 4.78 is 22.4. The van der Waals surface area contributed by atoms with E-state index in [1.54, 1.807) is 6.92 Å². The Morgan fingerprint density at radius 1 is 1.56 bits per heavy atom. The van der Waals surface area contributed by atoms with Crippen molar-refractivity contribution >= 4 is 15.7 Å². The first-order chi connectivity index (χ1) is 7.27. The van der Waals surface area contributed by atoms with Crippen molar-refractivity contribution in [2.24, 2.45) is 5.73 Å². The third-order valence-electron chi connectivity index (χ3n) is 2.86. The van der Waals surface area contributed by atoms with Crippen molar-refractivity contribution < 1.29 is 13.2 Å². The zero-order valence-electron chi connectivity index (χ0n) is 9.82. The number of hydrogen-bond acceptors (Lipinski definition) is 4. The molecule has 0 aliphatic carbocycles. The average Bonchev–Trinajstić information content (AvgIpc) is 2.45. The number of carbonyl (C=O) groups is 1. The summed E-state index contributed by atoms with van der Waals surface area (Å²) in [5.74, 6) is -0.0510. The topological polar surface area (TPSA) is 89.3 Å². The quantitative estimate of drug-likeness (QED) is 0.721. The van der Waals surface area contributed by atoms with Gasteiger partial charge in [-0.3, -0.25) is 4.79 Å². The third-order valence-corrected chi connectivity index (χ3v) is 4.62. The molecule has 1 aliphatic heterocycles. The lowest BCUT2D eigenvalue weighted by molar-refractivity contribution is -0.126. The summed E-state index contributed by atoms with van der Waals surface area (Å²) in [6.45, 7) is 3.63. The molecule has 0 saturated carbocycles. The molecule has 94 valence electrons. The number of amides is 1. The highest BCUT2D eigenvalue weighted by Crippen LogP contribution is 2.14. The van der Waals surface area contributed by atoms with Gasteiger partial charge in [0.1, 0.15) is 0 Å². The lowest BCUT2D eigenvalue weighted by Crippen LogP contribution is -2.54. The molecule has 1 fully saturated rings. The highest BCUT2D eigenvalue weighted by atomic mass is 32.2. The maximum absolute atomic E-state index is 11.8. The number of nitrogens with one attached hydrogen (secondary N) is 1. The van der Waals surface area contributed by atoms with Crippen LogP contribution in [0.5, 0.6) is 0 Å². The van der Waals surface area contributed by atoms with Crippen molar-refractivity contribution in [2.45, 2.75) is 44.7 Å². The fraction of sp³-hybridized carbons (Fsp3) is 0.900. The number of carbonyl (C=O) groups excluding carboxylic acids is 1. The van der Waals surface area contributed by atoms with Gasteiger partial charge in [-0.25, -0.2) is 8.42 Å². The molecule has 2 atom stereocenters. The van der Waals surface area contributed by atoms with Gasteiger partial charge in [0, 0.05) is 6.04 Å². The van der Waals surface area contributed by atoms with Gasteiger partial charge in [-0.2, -0.15) is 0 Å². The minimum Gasteiger partial charge on any atom is -0.351 e. The monoisotopic (exact) mass is 248 g/mol. The summed E-state index contributed by atoms with van der Waals surface area (Å²) in [6, 6.07) is -0.266. The summed E-state index contributed by atoms with van der Waals surface area (Å²) >= 11 is 0. The van der Waals surface area contributed by atoms with Crippen LogP contribution in [0.15, 0.2) is 0 Å². The van der Waals surface area contributed by atoms with Crippen LogP contribution < -0.4 is 11.1 Å². The molecule has 6 heteroatoms. The summed E-state index contributed by atoms with van der Waals surface area (Å²) in [5.41, 5.74) is 4.95. The minimum absolute atomic E-state index is 0.0426. The zero-order chi connectivity index (χ0) is 12.4. The second-order valence-corrected chi connectivity index (χ2v) is 6.97. The number of hydrogen-bond donors (Lipinski definition) is 2. The molecule has 1 saturated heterocycles. The van der Waals surface area contributed by atoms with E-state index in [0.717, 1.165) is 6.42 Å². The standard InChI is InChI=1S/C10H20N2O3S/c1-3-5-10(2,11)9(13)12-8-4-6-16(14,15)7-8/h8H,3-7,11H2,1-2H3,(H,12,13). The van der Waals surface area contributed by atoms with Gasteiger partial charge in [0.2, 0.25) is 5.91 Å². The van der Waals surface area contributed by atoms with Gasteiger partial charge in [-0.05, 0) is 19.8 Å². The number of nitrogens with two attached hydrogens (primary N) is 1. The van der Waals surface area contributed by atoms with Gasteiger partial charge in [0.05, 0.1) is 17.0 Å². The van der Waals surface area contributed by atoms with Crippen molar-refractivity contribution in [3.8, 4) is 0 Å². The Balaban J connectivity index is 2.53. The summed E-state index contributed by atoms with van der Waals surface area (Å²) in [5, 5.41) is 2.72. The van der Waals surface area contributed by atoms with Crippen molar-refractivity contribution in [3.05, 3.63) is 0 Å². The fourth-order valence-electron chi connectivity index (χ4n) is 1.89. The van der Waals surface area contributed by atoms with Gasteiger partial charge >= 0.3 is 0 Å². The molecule has 1 amide bonds. The van der Waals surface area contributed by atoms with E-state index in [-0.39, 0.29) is 23.5 Å². The summed E-state index contributed by atoms with van der Waals surface area (Å²) in [6.07, 6.45) is 1.91. The van der Waals surface area contributed by atoms with Crippen LogP contribution in [0.1, 0.15) is 33.1 Å². The molecule has 0 radical (unpaired) electrons. The van der Waals surface area contributed by atoms with Gasteiger partial charge in [-0.1, -0.05) is 13.3 Å². The fourth-order valence-corrected chi connectivity index (χ4v) is 3.57. The van der Waals surface area contributed by atoms with Crippen molar-refractivity contribution in [3.63, 3.8) is 0 Å². The van der Waals surface area contributed by atoms with Crippen molar-refractivity contribution in [2.75, 3.05) is 11.5 Å². The largest absolute Gasteiger partial charge is 0.351 e. The third kappa shape index (κ3) is 3.45. The van der Waals surface area contributed by atoms with Crippen LogP contribution >= 0.6 is 0 Å². The number of rotatable bonds is 4. The molecule has 0 aromatic heterocycles. The summed E-state index contributed by atoms with van der Waals surface area (Å²) in [7, 11) is -2.95. The first-order valence-electron chi connectivity index (χ1n) is 5.57. The smallest absolute Gasteiger partial charge is 0.240 e. The second kappa shape index (κ2) is 4.71. The van der Waals surface area contributed by atoms with Crippen molar-refractivity contribution in [1.29, 1.82) is 0 Å². The van der Waals surface area contributed by atoms with E-state index in [9.17, 15) is 13.2 Å². The number of sulfone groups is 1. The van der Waals surface area contributed by atoms with Crippen LogP contribution in [-0.4, -0.2) is 37.4 Å². The minimum atomic E-state index is -2.95. The molecule has 1 heterocycles. The molecule has 5 nitrogen and oxygen atoms in total. The van der Waals surface area contributed by atoms with Crippen LogP contribution in [-0.2, 0) is 14.6 Å². The van der Waals surface area contributed by atoms with Crippen LogP contribution in [0.2, 0.25) is 0 Å². The first-order valence-corrected chi connectivity index (χ1v) is 7.39. The van der Waals surface area contributed by atoms with E-state index in [1.165, 1.54) is 0 Å². The van der Waals surface area contributed by atoms with E-state index in [0.29, 0.717) is 12.8 Å². The Hall–Kier alpha value is -0.620. The molecule has 0 spiro atoms. The molecule has 16 heavy (non-hydrogen) atoms. The SMILES string of the molecule is CCCC(C)(N)C(=O)NC1CCS(=O)(=O)C1. The van der Waals surface area contributed by atoms with Gasteiger partial charge < -0.3 is 11.1 Å². The Kier molecular flexibility index (Phi) is 3.96. The zero-order valence-corrected chi connectivity index (χ0v) is 10.6. The van der Waals surface area contributed by atoms with Gasteiger partial charge in [-0.15, -0.1) is 0 Å². The predicted molar refractivity (Wildman–Crippen MR) is 62.7 cm³/mol. The second-order valence-electron chi connectivity index (χ2n) is 4.74. The average molecular weight is 248 g/mol. The molecule has 1 rings (SSSR count). The molecule has 3 N–H and O–H groups in total. The maximum atomic E-state index is 11.8. The van der Waals surface area contributed by atoms with Crippen LogP contribution in [0.3, 0.4) is 0 Å². The Morgan fingerprint density at radius 2 is 2.19 bits per heavy atom. The van der Waals surface area contributed by atoms with Crippen LogP contribution in [0.25, 0.3) is 0 Å². The van der Waals surface area contributed by atoms with Crippen LogP contribution in [0.4, 0.5) is 0 Å². The highest BCUT2D eigenvalue weighted by Gasteiger charge is 2.33. The molecule has 0 bridgehead atoms. The molecular weight excluding hydrogens is 228 g/mol. The highest BCUT2D eigenvalue weighted by molar-refractivity contribution is 7.91. The molecule has 0 aromatic carbocycles. The molecule has 1 aliphatic rings. The Morgan fingerprint density at radius 3 is 2.62 bits per heavy atom. The normalized spacial score (nSPS) is 27.3. The molecular formula is C10H20N2O3S. The van der Waals surface area contributed by atoms with Crippen LogP contribution in [0, 0.1) is 0 Å². The van der Waals surface area contributed by atoms with E-state index in [2.05, 4.69) is 5.32 Å². The predicted octanol–water partition coefficient (Wildman–Crippen LogP) is -0.193.